The molecule has 1 aliphatic heterocycles. The first-order chi connectivity index (χ1) is 25.7. The van der Waals surface area contributed by atoms with Gasteiger partial charge in [-0.25, -0.2) is 4.98 Å². The molecule has 2 aromatic rings. The number of aromatic nitrogens is 1. The van der Waals surface area contributed by atoms with E-state index in [2.05, 4.69) is 37.9 Å². The molecule has 0 bridgehead atoms. The largest absolute Gasteiger partial charge is 0.466 e. The second-order valence-corrected chi connectivity index (χ2v) is 16.4. The van der Waals surface area contributed by atoms with Crippen molar-refractivity contribution in [1.82, 2.24) is 20.1 Å². The number of esters is 1. The van der Waals surface area contributed by atoms with Gasteiger partial charge in [-0.3, -0.25) is 24.1 Å². The van der Waals surface area contributed by atoms with E-state index in [1.807, 2.05) is 45.2 Å². The third kappa shape index (κ3) is 13.0. The molecule has 2 heterocycles. The third-order valence-corrected chi connectivity index (χ3v) is 11.9. The fourth-order valence-electron chi connectivity index (χ4n) is 7.41. The lowest BCUT2D eigenvalue weighted by Gasteiger charge is -2.39. The van der Waals surface area contributed by atoms with Crippen LogP contribution in [0.25, 0.3) is 0 Å². The highest BCUT2D eigenvalue weighted by molar-refractivity contribution is 7.09. The second-order valence-electron chi connectivity index (χ2n) is 15.5. The van der Waals surface area contributed by atoms with Crippen LogP contribution in [-0.4, -0.2) is 97.6 Å². The maximum atomic E-state index is 14.5. The van der Waals surface area contributed by atoms with Crippen molar-refractivity contribution in [2.45, 2.75) is 124 Å². The number of likely N-dealkylation sites (tertiary alicyclic amines) is 1. The number of likely N-dealkylation sites (N-methyl/N-ethyl adjacent to an activating group) is 1. The second kappa shape index (κ2) is 22.4. The van der Waals surface area contributed by atoms with Crippen molar-refractivity contribution in [3.05, 3.63) is 51.5 Å². The monoisotopic (exact) mass is 770 g/mol. The van der Waals surface area contributed by atoms with Gasteiger partial charge in [0, 0.05) is 50.4 Å². The van der Waals surface area contributed by atoms with Crippen LogP contribution in [-0.2, 0) is 35.0 Å². The van der Waals surface area contributed by atoms with Crippen molar-refractivity contribution in [3.8, 4) is 0 Å². The lowest BCUT2D eigenvalue weighted by molar-refractivity contribution is -0.150. The fourth-order valence-corrected chi connectivity index (χ4v) is 8.30. The minimum absolute atomic E-state index is 0.0101. The lowest BCUT2D eigenvalue weighted by Crippen LogP contribution is -2.50. The van der Waals surface area contributed by atoms with E-state index in [-0.39, 0.29) is 72.4 Å². The van der Waals surface area contributed by atoms with Crippen molar-refractivity contribution in [1.29, 1.82) is 0 Å². The van der Waals surface area contributed by atoms with Crippen LogP contribution < -0.4 is 5.32 Å². The normalized spacial score (nSPS) is 18.3. The van der Waals surface area contributed by atoms with E-state index >= 15 is 0 Å². The zero-order valence-electron chi connectivity index (χ0n) is 34.4. The van der Waals surface area contributed by atoms with Gasteiger partial charge in [-0.05, 0) is 70.5 Å². The molecular weight excluding hydrogens is 705 g/mol. The topological polar surface area (TPSA) is 127 Å². The number of thiazole rings is 1. The standard InChI is InChI=1S/C42H66N4O7S/c1-11-29(6)33(23-37(47)35-15-13-14-20-45(35)8)41(49)46(26-51-9)36(27(3)4)24-38(52-10)40-44-34(25-54-40)39(48)43-32(21-30(7)42(50)53-12-2)22-31-18-16-28(5)17-19-31/h16-19,25,27,29-30,32-33,35-36,38H,11-15,20-24,26H2,1-10H3,(H,43,48)/t29-,30?,32+,33-,35+,36+,38+/m0/s1. The predicted molar refractivity (Wildman–Crippen MR) is 213 cm³/mol. The van der Waals surface area contributed by atoms with Crippen molar-refractivity contribution >= 4 is 34.9 Å². The number of amides is 2. The van der Waals surface area contributed by atoms with E-state index in [4.69, 9.17) is 19.2 Å². The Morgan fingerprint density at radius 2 is 1.74 bits per heavy atom. The summed E-state index contributed by atoms with van der Waals surface area (Å²) in [5.41, 5.74) is 2.46. The molecule has 7 atom stereocenters. The zero-order chi connectivity index (χ0) is 39.9. The Kier molecular flexibility index (Phi) is 18.7. The van der Waals surface area contributed by atoms with Crippen LogP contribution in [0.3, 0.4) is 0 Å². The van der Waals surface area contributed by atoms with E-state index in [1.165, 1.54) is 11.3 Å². The highest BCUT2D eigenvalue weighted by Crippen LogP contribution is 2.33. The molecule has 2 amide bonds. The number of rotatable bonds is 22. The number of ketones is 1. The molecule has 1 aromatic carbocycles. The molecule has 54 heavy (non-hydrogen) atoms. The predicted octanol–water partition coefficient (Wildman–Crippen LogP) is 7.02. The highest BCUT2D eigenvalue weighted by atomic mass is 32.1. The van der Waals surface area contributed by atoms with Crippen LogP contribution >= 0.6 is 11.3 Å². The van der Waals surface area contributed by atoms with Gasteiger partial charge in [0.2, 0.25) is 5.91 Å². The average molecular weight is 771 g/mol. The van der Waals surface area contributed by atoms with Crippen LogP contribution in [0.1, 0.15) is 119 Å². The maximum absolute atomic E-state index is 14.5. The van der Waals surface area contributed by atoms with Gasteiger partial charge in [0.25, 0.3) is 5.91 Å². The van der Waals surface area contributed by atoms with Gasteiger partial charge in [0.05, 0.1) is 18.6 Å². The summed E-state index contributed by atoms with van der Waals surface area (Å²) in [6.45, 7) is 15.2. The van der Waals surface area contributed by atoms with Crippen molar-refractivity contribution in [2.24, 2.45) is 23.7 Å². The van der Waals surface area contributed by atoms with E-state index in [0.29, 0.717) is 30.9 Å². The number of hydrogen-bond donors (Lipinski definition) is 1. The van der Waals surface area contributed by atoms with Gasteiger partial charge in [0.15, 0.2) is 5.78 Å². The van der Waals surface area contributed by atoms with Crippen molar-refractivity contribution in [2.75, 3.05) is 41.1 Å². The molecule has 1 aliphatic rings. The summed E-state index contributed by atoms with van der Waals surface area (Å²) >= 11 is 1.34. The summed E-state index contributed by atoms with van der Waals surface area (Å²) in [4.78, 5) is 63.0. The van der Waals surface area contributed by atoms with Crippen LogP contribution in [0.2, 0.25) is 0 Å². The number of Topliss-reactive ketones (excluding diaryl/α,β-unsaturated/α-hetero) is 1. The number of nitrogens with zero attached hydrogens (tertiary/aromatic N) is 3. The number of aryl methyl sites for hydroxylation is 1. The highest BCUT2D eigenvalue weighted by Gasteiger charge is 2.38. The van der Waals surface area contributed by atoms with E-state index in [1.54, 1.807) is 31.4 Å². The average Bonchev–Trinajstić information content (AvgIpc) is 3.64. The molecule has 1 fully saturated rings. The molecule has 0 radical (unpaired) electrons. The molecular formula is C42H66N4O7S. The Morgan fingerprint density at radius 3 is 2.33 bits per heavy atom. The van der Waals surface area contributed by atoms with Gasteiger partial charge in [-0.1, -0.05) is 77.3 Å². The fraction of sp³-hybridized carbons (Fsp3) is 0.690. The van der Waals surface area contributed by atoms with Crippen LogP contribution in [0.5, 0.6) is 0 Å². The van der Waals surface area contributed by atoms with Gasteiger partial charge in [-0.15, -0.1) is 11.3 Å². The first-order valence-electron chi connectivity index (χ1n) is 19.8. The summed E-state index contributed by atoms with van der Waals surface area (Å²) in [6, 6.07) is 7.38. The molecule has 1 N–H and O–H groups in total. The van der Waals surface area contributed by atoms with Crippen LogP contribution in [0, 0.1) is 30.6 Å². The minimum atomic E-state index is -0.497. The first-order valence-corrected chi connectivity index (χ1v) is 20.7. The zero-order valence-corrected chi connectivity index (χ0v) is 35.2. The molecule has 1 saturated heterocycles. The number of benzene rings is 1. The Bertz CT molecular complexity index is 1480. The molecule has 1 aromatic heterocycles. The summed E-state index contributed by atoms with van der Waals surface area (Å²) in [5.74, 6) is -1.40. The minimum Gasteiger partial charge on any atom is -0.466 e. The number of carbonyl (C=O) groups is 4. The van der Waals surface area contributed by atoms with E-state index in [0.717, 1.165) is 43.4 Å². The number of hydrogen-bond acceptors (Lipinski definition) is 10. The molecule has 11 nitrogen and oxygen atoms in total. The number of piperidine rings is 1. The smallest absolute Gasteiger partial charge is 0.308 e. The Balaban J connectivity index is 1.81. The van der Waals surface area contributed by atoms with Gasteiger partial charge in [0.1, 0.15) is 23.5 Å². The number of methoxy groups -OCH3 is 2. The Hall–Kier alpha value is -3.19. The quantitative estimate of drug-likeness (QED) is 0.0993. The summed E-state index contributed by atoms with van der Waals surface area (Å²) in [7, 11) is 5.20. The summed E-state index contributed by atoms with van der Waals surface area (Å²) < 4.78 is 16.9. The molecule has 0 spiro atoms. The summed E-state index contributed by atoms with van der Waals surface area (Å²) in [5, 5.41) is 5.48. The van der Waals surface area contributed by atoms with E-state index < -0.39 is 17.9 Å². The molecule has 0 aliphatic carbocycles. The Labute approximate surface area is 327 Å². The van der Waals surface area contributed by atoms with Gasteiger partial charge < -0.3 is 24.4 Å². The first kappa shape index (κ1) is 45.2. The van der Waals surface area contributed by atoms with Crippen molar-refractivity contribution < 1.29 is 33.4 Å². The van der Waals surface area contributed by atoms with Gasteiger partial charge >= 0.3 is 5.97 Å². The molecule has 0 saturated carbocycles. The van der Waals surface area contributed by atoms with E-state index in [9.17, 15) is 19.2 Å². The van der Waals surface area contributed by atoms with Crippen LogP contribution in [0.15, 0.2) is 29.6 Å². The molecule has 302 valence electrons. The van der Waals surface area contributed by atoms with Gasteiger partial charge in [-0.2, -0.15) is 0 Å². The molecule has 3 rings (SSSR count). The van der Waals surface area contributed by atoms with Crippen molar-refractivity contribution in [3.63, 3.8) is 0 Å². The number of nitrogens with one attached hydrogen (secondary N) is 1. The van der Waals surface area contributed by atoms with Crippen LogP contribution in [0.4, 0.5) is 0 Å². The Morgan fingerprint density at radius 1 is 1.04 bits per heavy atom. The number of carbonyl (C=O) groups excluding carboxylic acids is 4. The number of ether oxygens (including phenoxy) is 3. The lowest BCUT2D eigenvalue weighted by atomic mass is 9.82. The molecule has 12 heteroatoms. The summed E-state index contributed by atoms with van der Waals surface area (Å²) in [6.07, 6.45) is 4.81. The molecule has 1 unspecified atom stereocenters. The SMILES string of the molecule is CCOC(=O)C(C)C[C@H](Cc1ccc(C)cc1)NC(=O)c1csc([C@@H](C[C@H](C(C)C)N(COC)C(=O)[C@@H](CC(=O)[C@H]2CCCCN2C)[C@@H](C)CC)OC)n1. The maximum Gasteiger partial charge on any atom is 0.308 e. The third-order valence-electron chi connectivity index (χ3n) is 11.0.